The molecular weight excluding hydrogens is 290 g/mol. The van der Waals surface area contributed by atoms with E-state index in [2.05, 4.69) is 6.07 Å². The van der Waals surface area contributed by atoms with Gasteiger partial charge in [0.15, 0.2) is 0 Å². The highest BCUT2D eigenvalue weighted by atomic mass is 35.5. The highest BCUT2D eigenvalue weighted by molar-refractivity contribution is 7.98. The van der Waals surface area contributed by atoms with Crippen LogP contribution in [0, 0.1) is 0 Å². The average molecular weight is 308 g/mol. The van der Waals surface area contributed by atoms with E-state index in [1.807, 2.05) is 43.3 Å². The van der Waals surface area contributed by atoms with Crippen molar-refractivity contribution in [2.75, 3.05) is 7.11 Å². The fourth-order valence-corrected chi connectivity index (χ4v) is 3.13. The van der Waals surface area contributed by atoms with Gasteiger partial charge in [0.05, 0.1) is 12.1 Å². The lowest BCUT2D eigenvalue weighted by Crippen LogP contribution is -2.05. The monoisotopic (exact) mass is 307 g/mol. The van der Waals surface area contributed by atoms with E-state index in [0.717, 1.165) is 32.5 Å². The van der Waals surface area contributed by atoms with Crippen molar-refractivity contribution in [1.29, 1.82) is 0 Å². The lowest BCUT2D eigenvalue weighted by atomic mass is 10.1. The smallest absolute Gasteiger partial charge is 0.122 e. The fourth-order valence-electron chi connectivity index (χ4n) is 1.91. The predicted molar refractivity (Wildman–Crippen MR) is 86.6 cm³/mol. The zero-order valence-corrected chi connectivity index (χ0v) is 13.2. The number of hydrogen-bond donors (Lipinski definition) is 1. The summed E-state index contributed by atoms with van der Waals surface area (Å²) in [6, 6.07) is 14.0. The van der Waals surface area contributed by atoms with Crippen molar-refractivity contribution in [1.82, 2.24) is 0 Å². The summed E-state index contributed by atoms with van der Waals surface area (Å²) >= 11 is 7.87. The standard InChI is InChI=1S/C16H18ClNOS/c1-11(18)12-7-8-15(19-2)13(9-12)10-20-16-6-4-3-5-14(16)17/h3-9,11H,10,18H2,1-2H3. The lowest BCUT2D eigenvalue weighted by Gasteiger charge is -2.13. The SMILES string of the molecule is COc1ccc(C(C)N)cc1CSc1ccccc1Cl. The molecular formula is C16H18ClNOS. The van der Waals surface area contributed by atoms with Gasteiger partial charge in [-0.15, -0.1) is 11.8 Å². The van der Waals surface area contributed by atoms with Gasteiger partial charge in [0.25, 0.3) is 0 Å². The Morgan fingerprint density at radius 3 is 2.65 bits per heavy atom. The topological polar surface area (TPSA) is 35.2 Å². The number of methoxy groups -OCH3 is 1. The first-order valence-corrected chi connectivity index (χ1v) is 7.78. The zero-order valence-electron chi connectivity index (χ0n) is 11.6. The quantitative estimate of drug-likeness (QED) is 0.816. The summed E-state index contributed by atoms with van der Waals surface area (Å²) in [4.78, 5) is 1.07. The molecule has 0 saturated heterocycles. The van der Waals surface area contributed by atoms with Crippen LogP contribution in [0.4, 0.5) is 0 Å². The van der Waals surface area contributed by atoms with Crippen LogP contribution in [0.25, 0.3) is 0 Å². The lowest BCUT2D eigenvalue weighted by molar-refractivity contribution is 0.411. The van der Waals surface area contributed by atoms with Gasteiger partial charge in [0.1, 0.15) is 5.75 Å². The molecule has 106 valence electrons. The van der Waals surface area contributed by atoms with Gasteiger partial charge in [-0.25, -0.2) is 0 Å². The van der Waals surface area contributed by atoms with E-state index in [1.54, 1.807) is 18.9 Å². The second-order valence-electron chi connectivity index (χ2n) is 4.58. The Balaban J connectivity index is 2.19. The van der Waals surface area contributed by atoms with Gasteiger partial charge in [-0.3, -0.25) is 0 Å². The van der Waals surface area contributed by atoms with Crippen molar-refractivity contribution < 1.29 is 4.74 Å². The van der Waals surface area contributed by atoms with Gasteiger partial charge in [-0.05, 0) is 36.8 Å². The molecule has 0 bridgehead atoms. The van der Waals surface area contributed by atoms with E-state index >= 15 is 0 Å². The molecule has 0 aliphatic rings. The fraction of sp³-hybridized carbons (Fsp3) is 0.250. The van der Waals surface area contributed by atoms with E-state index in [4.69, 9.17) is 22.1 Å². The molecule has 0 fully saturated rings. The third kappa shape index (κ3) is 3.69. The summed E-state index contributed by atoms with van der Waals surface area (Å²) in [5, 5.41) is 0.778. The summed E-state index contributed by atoms with van der Waals surface area (Å²) in [5.41, 5.74) is 8.18. The molecule has 0 saturated carbocycles. The largest absolute Gasteiger partial charge is 0.496 e. The van der Waals surface area contributed by atoms with Crippen molar-refractivity contribution in [2.24, 2.45) is 5.73 Å². The van der Waals surface area contributed by atoms with Crippen LogP contribution in [0.5, 0.6) is 5.75 Å². The normalized spacial score (nSPS) is 12.2. The van der Waals surface area contributed by atoms with Gasteiger partial charge in [0.2, 0.25) is 0 Å². The number of benzene rings is 2. The second-order valence-corrected chi connectivity index (χ2v) is 6.00. The molecule has 0 aromatic heterocycles. The molecule has 0 spiro atoms. The molecule has 2 N–H and O–H groups in total. The summed E-state index contributed by atoms with van der Waals surface area (Å²) in [7, 11) is 1.69. The molecule has 2 aromatic rings. The Hall–Kier alpha value is -1.16. The number of hydrogen-bond acceptors (Lipinski definition) is 3. The Labute approximate surface area is 129 Å². The summed E-state index contributed by atoms with van der Waals surface area (Å²) in [5.74, 6) is 1.68. The molecule has 2 aromatic carbocycles. The molecule has 0 heterocycles. The first-order chi connectivity index (χ1) is 9.61. The van der Waals surface area contributed by atoms with Crippen LogP contribution in [-0.4, -0.2) is 7.11 Å². The minimum atomic E-state index is 0.0185. The van der Waals surface area contributed by atoms with Gasteiger partial charge >= 0.3 is 0 Å². The van der Waals surface area contributed by atoms with E-state index in [-0.39, 0.29) is 6.04 Å². The summed E-state index contributed by atoms with van der Waals surface area (Å²) in [6.45, 7) is 1.98. The third-order valence-corrected chi connectivity index (χ3v) is 4.61. The Morgan fingerprint density at radius 2 is 2.00 bits per heavy atom. The Morgan fingerprint density at radius 1 is 1.25 bits per heavy atom. The van der Waals surface area contributed by atoms with Crippen molar-refractivity contribution in [3.05, 3.63) is 58.6 Å². The maximum Gasteiger partial charge on any atom is 0.122 e. The first-order valence-electron chi connectivity index (χ1n) is 6.41. The Bertz CT molecular complexity index is 586. The number of ether oxygens (including phenoxy) is 1. The van der Waals surface area contributed by atoms with Crippen molar-refractivity contribution in [3.8, 4) is 5.75 Å². The van der Waals surface area contributed by atoms with Crippen LogP contribution in [0.2, 0.25) is 5.02 Å². The zero-order chi connectivity index (χ0) is 14.5. The van der Waals surface area contributed by atoms with Gasteiger partial charge < -0.3 is 10.5 Å². The van der Waals surface area contributed by atoms with Gasteiger partial charge in [0, 0.05) is 22.3 Å². The second kappa shape index (κ2) is 7.02. The molecule has 2 rings (SSSR count). The minimum absolute atomic E-state index is 0.0185. The molecule has 1 unspecified atom stereocenters. The van der Waals surface area contributed by atoms with E-state index < -0.39 is 0 Å². The van der Waals surface area contributed by atoms with E-state index in [0.29, 0.717) is 0 Å². The third-order valence-electron chi connectivity index (χ3n) is 3.05. The number of rotatable bonds is 5. The molecule has 1 atom stereocenters. The molecule has 0 aliphatic carbocycles. The number of halogens is 1. The molecule has 0 amide bonds. The highest BCUT2D eigenvalue weighted by Crippen LogP contribution is 2.33. The van der Waals surface area contributed by atoms with Crippen LogP contribution in [-0.2, 0) is 5.75 Å². The maximum absolute atomic E-state index is 6.17. The number of thioether (sulfide) groups is 1. The van der Waals surface area contributed by atoms with Crippen LogP contribution < -0.4 is 10.5 Å². The molecule has 2 nitrogen and oxygen atoms in total. The van der Waals surface area contributed by atoms with Crippen LogP contribution in [0.3, 0.4) is 0 Å². The molecule has 20 heavy (non-hydrogen) atoms. The molecule has 0 radical (unpaired) electrons. The van der Waals surface area contributed by atoms with Crippen LogP contribution in [0.1, 0.15) is 24.1 Å². The van der Waals surface area contributed by atoms with Gasteiger partial charge in [-0.2, -0.15) is 0 Å². The van der Waals surface area contributed by atoms with Crippen LogP contribution in [0.15, 0.2) is 47.4 Å². The Kier molecular flexibility index (Phi) is 5.35. The summed E-state index contributed by atoms with van der Waals surface area (Å²) in [6.07, 6.45) is 0. The maximum atomic E-state index is 6.17. The first kappa shape index (κ1) is 15.2. The molecule has 0 aliphatic heterocycles. The predicted octanol–water partition coefficient (Wildman–Crippen LogP) is 4.66. The number of nitrogens with two attached hydrogens (primary N) is 1. The van der Waals surface area contributed by atoms with Crippen molar-refractivity contribution in [3.63, 3.8) is 0 Å². The summed E-state index contributed by atoms with van der Waals surface area (Å²) < 4.78 is 5.41. The highest BCUT2D eigenvalue weighted by Gasteiger charge is 2.08. The van der Waals surface area contributed by atoms with Crippen molar-refractivity contribution >= 4 is 23.4 Å². The average Bonchev–Trinajstić information content (AvgIpc) is 2.46. The van der Waals surface area contributed by atoms with E-state index in [1.165, 1.54) is 0 Å². The van der Waals surface area contributed by atoms with E-state index in [9.17, 15) is 0 Å². The van der Waals surface area contributed by atoms with Crippen molar-refractivity contribution in [2.45, 2.75) is 23.6 Å². The van der Waals surface area contributed by atoms with Gasteiger partial charge in [-0.1, -0.05) is 29.8 Å². The molecule has 4 heteroatoms. The van der Waals surface area contributed by atoms with Crippen LogP contribution >= 0.6 is 23.4 Å². The minimum Gasteiger partial charge on any atom is -0.496 e.